The van der Waals surface area contributed by atoms with E-state index in [2.05, 4.69) is 31.2 Å². The van der Waals surface area contributed by atoms with E-state index < -0.39 is 29.9 Å². The van der Waals surface area contributed by atoms with Crippen LogP contribution in [0, 0.1) is 0 Å². The number of ether oxygens (including phenoxy) is 1. The molecule has 0 aliphatic rings. The summed E-state index contributed by atoms with van der Waals surface area (Å²) < 4.78 is 4.99. The minimum Gasteiger partial charge on any atom is -0.466 e. The number of carbonyl (C=O) groups is 4. The predicted octanol–water partition coefficient (Wildman–Crippen LogP) is 2.34. The summed E-state index contributed by atoms with van der Waals surface area (Å²) in [6.45, 7) is 1.85. The molecular weight excluding hydrogens is 476 g/mol. The Hall–Kier alpha value is -4.80. The van der Waals surface area contributed by atoms with Crippen molar-refractivity contribution in [2.24, 2.45) is 0 Å². The van der Waals surface area contributed by atoms with Gasteiger partial charge >= 0.3 is 12.0 Å². The highest BCUT2D eigenvalue weighted by atomic mass is 16.5. The molecule has 4 amide bonds. The molecule has 3 aromatic rings. The van der Waals surface area contributed by atoms with Gasteiger partial charge in [-0.15, -0.1) is 0 Å². The minimum atomic E-state index is -0.658. The van der Waals surface area contributed by atoms with Crippen molar-refractivity contribution in [2.45, 2.75) is 25.9 Å². The van der Waals surface area contributed by atoms with E-state index in [-0.39, 0.29) is 31.7 Å². The van der Waals surface area contributed by atoms with E-state index in [1.807, 2.05) is 6.07 Å². The molecule has 0 radical (unpaired) electrons. The molecule has 1 aromatic carbocycles. The van der Waals surface area contributed by atoms with Crippen molar-refractivity contribution in [3.05, 3.63) is 90.0 Å². The van der Waals surface area contributed by atoms with Crippen LogP contribution in [0.4, 0.5) is 10.5 Å². The quantitative estimate of drug-likeness (QED) is 0.293. The molecule has 1 unspecified atom stereocenters. The summed E-state index contributed by atoms with van der Waals surface area (Å²) in [5, 5.41) is 10.6. The fraction of sp³-hybridized carbons (Fsp3) is 0.231. The number of rotatable bonds is 11. The lowest BCUT2D eigenvalue weighted by atomic mass is 10.1. The van der Waals surface area contributed by atoms with E-state index in [4.69, 9.17) is 4.74 Å². The number of urea groups is 1. The number of esters is 1. The second-order valence-corrected chi connectivity index (χ2v) is 7.81. The summed E-state index contributed by atoms with van der Waals surface area (Å²) in [5.74, 6) is -1.46. The van der Waals surface area contributed by atoms with Gasteiger partial charge in [-0.25, -0.2) is 4.79 Å². The van der Waals surface area contributed by atoms with Crippen LogP contribution in [0.5, 0.6) is 0 Å². The Kier molecular flexibility index (Phi) is 10.1. The Morgan fingerprint density at radius 2 is 1.84 bits per heavy atom. The maximum absolute atomic E-state index is 12.6. The average Bonchev–Trinajstić information content (AvgIpc) is 2.91. The van der Waals surface area contributed by atoms with Gasteiger partial charge in [-0.3, -0.25) is 24.4 Å². The zero-order valence-corrected chi connectivity index (χ0v) is 20.3. The smallest absolute Gasteiger partial charge is 0.319 e. The van der Waals surface area contributed by atoms with Gasteiger partial charge < -0.3 is 26.0 Å². The van der Waals surface area contributed by atoms with Gasteiger partial charge in [0.05, 0.1) is 37.9 Å². The molecule has 0 aliphatic heterocycles. The third-order valence-corrected chi connectivity index (χ3v) is 5.05. The van der Waals surface area contributed by atoms with E-state index in [1.165, 1.54) is 6.07 Å². The van der Waals surface area contributed by atoms with Crippen molar-refractivity contribution in [1.29, 1.82) is 0 Å². The summed E-state index contributed by atoms with van der Waals surface area (Å²) in [6.07, 6.45) is 4.69. The van der Waals surface area contributed by atoms with Gasteiger partial charge in [0.25, 0.3) is 5.91 Å². The van der Waals surface area contributed by atoms with Crippen molar-refractivity contribution >= 4 is 29.5 Å². The fourth-order valence-corrected chi connectivity index (χ4v) is 3.32. The van der Waals surface area contributed by atoms with Crippen LogP contribution in [0.25, 0.3) is 0 Å². The molecule has 0 bridgehead atoms. The fourth-order valence-electron chi connectivity index (χ4n) is 3.32. The van der Waals surface area contributed by atoms with Gasteiger partial charge in [0.15, 0.2) is 0 Å². The van der Waals surface area contributed by atoms with Crippen molar-refractivity contribution in [3.63, 3.8) is 0 Å². The van der Waals surface area contributed by atoms with Crippen LogP contribution >= 0.6 is 0 Å². The molecule has 0 fully saturated rings. The predicted molar refractivity (Wildman–Crippen MR) is 135 cm³/mol. The molecule has 0 aliphatic carbocycles. The molecule has 11 nitrogen and oxygen atoms in total. The van der Waals surface area contributed by atoms with E-state index in [0.29, 0.717) is 16.9 Å². The normalized spacial score (nSPS) is 11.1. The maximum Gasteiger partial charge on any atom is 0.319 e. The molecular formula is C26H28N6O5. The molecule has 2 heterocycles. The van der Waals surface area contributed by atoms with E-state index in [0.717, 1.165) is 0 Å². The number of hydrogen-bond donors (Lipinski definition) is 4. The average molecular weight is 505 g/mol. The van der Waals surface area contributed by atoms with Crippen molar-refractivity contribution in [2.75, 3.05) is 18.5 Å². The Morgan fingerprint density at radius 3 is 2.57 bits per heavy atom. The van der Waals surface area contributed by atoms with Crippen molar-refractivity contribution < 1.29 is 23.9 Å². The van der Waals surface area contributed by atoms with Crippen LogP contribution < -0.4 is 21.3 Å². The van der Waals surface area contributed by atoms with Crippen LogP contribution in [0.15, 0.2) is 73.2 Å². The first kappa shape index (κ1) is 26.8. The highest BCUT2D eigenvalue weighted by Crippen LogP contribution is 2.16. The van der Waals surface area contributed by atoms with E-state index in [9.17, 15) is 19.2 Å². The third kappa shape index (κ3) is 9.06. The highest BCUT2D eigenvalue weighted by Gasteiger charge is 2.20. The monoisotopic (exact) mass is 504 g/mol. The van der Waals surface area contributed by atoms with E-state index >= 15 is 0 Å². The SMILES string of the molecule is CCOC(=O)CC(NC(=O)CNC(=O)c1cccc(NC(=O)NCc2ccccn2)c1)c1cccnc1. The zero-order valence-electron chi connectivity index (χ0n) is 20.3. The largest absolute Gasteiger partial charge is 0.466 e. The molecule has 0 spiro atoms. The number of nitrogens with one attached hydrogen (secondary N) is 4. The first-order valence-electron chi connectivity index (χ1n) is 11.6. The topological polar surface area (TPSA) is 151 Å². The number of carbonyl (C=O) groups excluding carboxylic acids is 4. The van der Waals surface area contributed by atoms with Gasteiger partial charge in [0.2, 0.25) is 5.91 Å². The molecule has 37 heavy (non-hydrogen) atoms. The lowest BCUT2D eigenvalue weighted by molar-refractivity contribution is -0.143. The second kappa shape index (κ2) is 13.9. The van der Waals surface area contributed by atoms with Crippen LogP contribution in [-0.2, 0) is 20.9 Å². The second-order valence-electron chi connectivity index (χ2n) is 7.81. The molecule has 4 N–H and O–H groups in total. The number of hydrogen-bond acceptors (Lipinski definition) is 7. The molecule has 11 heteroatoms. The number of amides is 4. The Morgan fingerprint density at radius 1 is 0.973 bits per heavy atom. The standard InChI is InChI=1S/C26H28N6O5/c1-2-37-24(34)14-22(19-8-6-11-27-15-19)32-23(33)17-29-25(35)18-7-5-10-20(13-18)31-26(36)30-16-21-9-3-4-12-28-21/h3-13,15,22H,2,14,16-17H2,1H3,(H,29,35)(H,32,33)(H2,30,31,36). The summed E-state index contributed by atoms with van der Waals surface area (Å²) in [7, 11) is 0. The molecule has 0 saturated carbocycles. The van der Waals surface area contributed by atoms with Gasteiger partial charge in [0, 0.05) is 29.8 Å². The molecule has 1 atom stereocenters. The minimum absolute atomic E-state index is 0.0741. The lowest BCUT2D eigenvalue weighted by Gasteiger charge is -2.18. The van der Waals surface area contributed by atoms with Crippen LogP contribution in [0.1, 0.15) is 41.0 Å². The van der Waals surface area contributed by atoms with Gasteiger partial charge in [-0.1, -0.05) is 18.2 Å². The van der Waals surface area contributed by atoms with Gasteiger partial charge in [0.1, 0.15) is 0 Å². The van der Waals surface area contributed by atoms with Crippen LogP contribution in [0.3, 0.4) is 0 Å². The summed E-state index contributed by atoms with van der Waals surface area (Å²) in [6, 6.07) is 14.0. The molecule has 192 valence electrons. The van der Waals surface area contributed by atoms with Crippen LogP contribution in [0.2, 0.25) is 0 Å². The molecule has 3 rings (SSSR count). The lowest BCUT2D eigenvalue weighted by Crippen LogP contribution is -2.39. The molecule has 2 aromatic heterocycles. The number of nitrogens with zero attached hydrogens (tertiary/aromatic N) is 2. The third-order valence-electron chi connectivity index (χ3n) is 5.05. The van der Waals surface area contributed by atoms with Gasteiger partial charge in [-0.05, 0) is 48.9 Å². The van der Waals surface area contributed by atoms with Gasteiger partial charge in [-0.2, -0.15) is 0 Å². The number of benzene rings is 1. The summed E-state index contributed by atoms with van der Waals surface area (Å²) in [5.41, 5.74) is 2.00. The van der Waals surface area contributed by atoms with E-state index in [1.54, 1.807) is 68.0 Å². The number of pyridine rings is 2. The highest BCUT2D eigenvalue weighted by molar-refractivity contribution is 5.98. The van der Waals surface area contributed by atoms with Crippen molar-refractivity contribution in [3.8, 4) is 0 Å². The first-order valence-corrected chi connectivity index (χ1v) is 11.6. The Labute approximate surface area is 214 Å². The Balaban J connectivity index is 1.52. The van der Waals surface area contributed by atoms with Crippen molar-refractivity contribution in [1.82, 2.24) is 25.9 Å². The number of aromatic nitrogens is 2. The summed E-state index contributed by atoms with van der Waals surface area (Å²) in [4.78, 5) is 57.5. The summed E-state index contributed by atoms with van der Waals surface area (Å²) >= 11 is 0. The maximum atomic E-state index is 12.6. The van der Waals surface area contributed by atoms with Crippen LogP contribution in [-0.4, -0.2) is 46.9 Å². The molecule has 0 saturated heterocycles. The Bertz CT molecular complexity index is 1210. The zero-order chi connectivity index (χ0) is 26.5. The number of anilines is 1. The first-order chi connectivity index (χ1) is 17.9.